The number of aliphatic hydroxyl groups is 2. The highest BCUT2D eigenvalue weighted by Gasteiger charge is 2.72. The Balaban J connectivity index is 2.45. The van der Waals surface area contributed by atoms with Crippen molar-refractivity contribution in [1.29, 1.82) is 0 Å². The van der Waals surface area contributed by atoms with Crippen LogP contribution in [0.3, 0.4) is 0 Å². The first-order chi connectivity index (χ1) is 14.6. The quantitative estimate of drug-likeness (QED) is 0.128. The Labute approximate surface area is 182 Å². The second kappa shape index (κ2) is 8.96. The zero-order valence-electron chi connectivity index (χ0n) is 15.0. The lowest BCUT2D eigenvalue weighted by atomic mass is 9.96. The molecule has 0 radical (unpaired) electrons. The standard InChI is InChI=1S/C9H11F4N2O14P3S/c10-2-1-15(7(17)14-4(2)33)6-8(18,9(11,12)13)3(16)5(26-6)27-31(22,23)29-32(24,25)28-30(19,20)21/h1,3,5-6,16,18H,(H,22,23)(H,24,25)(H,14,17,33)(H2,19,20,21)/t3-,5+,6+,8?/m0/s1. The van der Waals surface area contributed by atoms with Crippen LogP contribution in [-0.2, 0) is 31.6 Å². The summed E-state index contributed by atoms with van der Waals surface area (Å²) in [6, 6.07) is 0. The Hall–Kier alpha value is -0.890. The Kier molecular flexibility index (Phi) is 7.70. The smallest absolute Gasteiger partial charge is 0.384 e. The largest absolute Gasteiger partial charge is 0.490 e. The fourth-order valence-electron chi connectivity index (χ4n) is 2.39. The van der Waals surface area contributed by atoms with Crippen LogP contribution in [0.1, 0.15) is 6.23 Å². The molecule has 7 N–H and O–H groups in total. The van der Waals surface area contributed by atoms with Crippen LogP contribution in [-0.4, -0.2) is 63.5 Å². The molecule has 24 heteroatoms. The number of phosphoric acid groups is 3. The molecule has 1 fully saturated rings. The van der Waals surface area contributed by atoms with Crippen LogP contribution >= 0.6 is 35.7 Å². The van der Waals surface area contributed by atoms with E-state index in [0.717, 1.165) is 0 Å². The number of halogens is 4. The molecule has 1 aromatic heterocycles. The van der Waals surface area contributed by atoms with Crippen LogP contribution in [0, 0.1) is 10.5 Å². The molecule has 0 amide bonds. The minimum Gasteiger partial charge on any atom is -0.384 e. The minimum absolute atomic E-state index is 0.0302. The molecule has 0 aliphatic carbocycles. The third kappa shape index (κ3) is 6.22. The fourth-order valence-corrected chi connectivity index (χ4v) is 5.62. The molecule has 1 aliphatic rings. The highest BCUT2D eigenvalue weighted by atomic mass is 32.1. The minimum atomic E-state index is -6.17. The number of phosphoric ester groups is 1. The first-order valence-corrected chi connectivity index (χ1v) is 12.5. The monoisotopic (exact) mass is 572 g/mol. The first kappa shape index (κ1) is 28.3. The van der Waals surface area contributed by atoms with E-state index in [1.54, 1.807) is 4.98 Å². The number of alkyl halides is 3. The third-order valence-electron chi connectivity index (χ3n) is 3.63. The van der Waals surface area contributed by atoms with Crippen LogP contribution in [0.15, 0.2) is 11.0 Å². The molecule has 0 saturated carbocycles. The number of rotatable bonds is 7. The van der Waals surface area contributed by atoms with Crippen LogP contribution in [0.5, 0.6) is 0 Å². The highest BCUT2D eigenvalue weighted by molar-refractivity contribution is 7.71. The van der Waals surface area contributed by atoms with E-state index in [2.05, 4.69) is 30.1 Å². The van der Waals surface area contributed by atoms with Crippen LogP contribution in [0.4, 0.5) is 17.6 Å². The van der Waals surface area contributed by atoms with Crippen molar-refractivity contribution in [2.75, 3.05) is 0 Å². The number of hydrogen-bond acceptors (Lipinski definition) is 11. The lowest BCUT2D eigenvalue weighted by molar-refractivity contribution is -0.304. The topological polar surface area (TPSA) is 247 Å². The second-order valence-corrected chi connectivity index (χ2v) is 10.7. The third-order valence-corrected chi connectivity index (χ3v) is 7.73. The van der Waals surface area contributed by atoms with Gasteiger partial charge >= 0.3 is 35.3 Å². The Morgan fingerprint density at radius 3 is 2.18 bits per heavy atom. The maximum atomic E-state index is 13.7. The summed E-state index contributed by atoms with van der Waals surface area (Å²) in [6.45, 7) is 0. The van der Waals surface area contributed by atoms with Gasteiger partial charge in [0, 0.05) is 0 Å². The number of H-pyrrole nitrogens is 1. The summed E-state index contributed by atoms with van der Waals surface area (Å²) < 4.78 is 102. The maximum Gasteiger partial charge on any atom is 0.490 e. The number of nitrogens with zero attached hydrogens (tertiary/aromatic N) is 1. The summed E-state index contributed by atoms with van der Waals surface area (Å²) in [5, 5.41) is 20.0. The van der Waals surface area contributed by atoms with Crippen LogP contribution < -0.4 is 5.69 Å². The SMILES string of the molecule is O=c1[nH]c(=S)c(F)cn1[C@@H]1O[C@H](OP(=O)(O)OP(=O)(O)OP(=O)(O)O)[C@H](O)C1(O)C(F)(F)F. The van der Waals surface area contributed by atoms with E-state index in [4.69, 9.17) is 14.7 Å². The lowest BCUT2D eigenvalue weighted by Gasteiger charge is -2.33. The average Bonchev–Trinajstić information content (AvgIpc) is 2.80. The molecule has 1 aromatic rings. The number of hydrogen-bond donors (Lipinski definition) is 7. The number of aliphatic hydroxyl groups excluding tert-OH is 1. The van der Waals surface area contributed by atoms with Gasteiger partial charge in [0.05, 0.1) is 6.20 Å². The van der Waals surface area contributed by atoms with Gasteiger partial charge < -0.3 is 34.5 Å². The van der Waals surface area contributed by atoms with Crippen molar-refractivity contribution < 1.29 is 78.9 Å². The molecule has 33 heavy (non-hydrogen) atoms. The van der Waals surface area contributed by atoms with Gasteiger partial charge in [0.25, 0.3) is 0 Å². The van der Waals surface area contributed by atoms with Crippen molar-refractivity contribution in [3.8, 4) is 0 Å². The summed E-state index contributed by atoms with van der Waals surface area (Å²) in [5.74, 6) is -1.50. The summed E-state index contributed by atoms with van der Waals surface area (Å²) in [5.41, 5.74) is -6.14. The zero-order valence-corrected chi connectivity index (χ0v) is 18.5. The molecule has 3 unspecified atom stereocenters. The van der Waals surface area contributed by atoms with Crippen molar-refractivity contribution in [2.24, 2.45) is 0 Å². The summed E-state index contributed by atoms with van der Waals surface area (Å²) in [6.07, 6.45) is -15.4. The molecule has 6 atom stereocenters. The molecular weight excluding hydrogens is 561 g/mol. The van der Waals surface area contributed by atoms with Gasteiger partial charge in [-0.3, -0.25) is 14.1 Å². The zero-order chi connectivity index (χ0) is 25.8. The van der Waals surface area contributed by atoms with E-state index < -0.39 is 70.0 Å². The van der Waals surface area contributed by atoms with Gasteiger partial charge in [-0.1, -0.05) is 12.2 Å². The average molecular weight is 572 g/mol. The number of nitrogens with one attached hydrogen (secondary N) is 1. The van der Waals surface area contributed by atoms with E-state index in [1.165, 1.54) is 0 Å². The van der Waals surface area contributed by atoms with Crippen molar-refractivity contribution in [2.45, 2.75) is 30.4 Å². The molecule has 2 heterocycles. The van der Waals surface area contributed by atoms with Crippen molar-refractivity contribution >= 4 is 35.7 Å². The fraction of sp³-hybridized carbons (Fsp3) is 0.556. The normalized spacial score (nSPS) is 30.1. The molecule has 1 aliphatic heterocycles. The van der Waals surface area contributed by atoms with E-state index >= 15 is 0 Å². The molecular formula is C9H11F4N2O14P3S. The van der Waals surface area contributed by atoms with E-state index in [9.17, 15) is 51.2 Å². The van der Waals surface area contributed by atoms with E-state index in [-0.39, 0.29) is 10.8 Å². The second-order valence-electron chi connectivity index (χ2n) is 5.96. The van der Waals surface area contributed by atoms with Gasteiger partial charge in [-0.25, -0.2) is 22.9 Å². The summed E-state index contributed by atoms with van der Waals surface area (Å²) in [4.78, 5) is 48.8. The van der Waals surface area contributed by atoms with Gasteiger partial charge in [-0.15, -0.1) is 0 Å². The predicted octanol–water partition coefficient (Wildman–Crippen LogP) is -0.103. The van der Waals surface area contributed by atoms with Gasteiger partial charge in [0.1, 0.15) is 10.7 Å². The summed E-state index contributed by atoms with van der Waals surface area (Å²) >= 11 is 4.36. The predicted molar refractivity (Wildman–Crippen MR) is 91.7 cm³/mol. The molecule has 0 aromatic carbocycles. The highest BCUT2D eigenvalue weighted by Crippen LogP contribution is 2.67. The van der Waals surface area contributed by atoms with E-state index in [1.807, 2.05) is 0 Å². The van der Waals surface area contributed by atoms with Crippen molar-refractivity contribution in [1.82, 2.24) is 9.55 Å². The first-order valence-electron chi connectivity index (χ1n) is 7.55. The Bertz CT molecular complexity index is 1180. The number of ether oxygens (including phenoxy) is 1. The number of aromatic nitrogens is 2. The maximum absolute atomic E-state index is 13.7. The molecule has 0 spiro atoms. The van der Waals surface area contributed by atoms with Crippen LogP contribution in [0.2, 0.25) is 0 Å². The van der Waals surface area contributed by atoms with Gasteiger partial charge in [-0.05, 0) is 0 Å². The van der Waals surface area contributed by atoms with Crippen molar-refractivity contribution in [3.63, 3.8) is 0 Å². The Morgan fingerprint density at radius 2 is 1.70 bits per heavy atom. The number of aromatic amines is 1. The molecule has 0 bridgehead atoms. The summed E-state index contributed by atoms with van der Waals surface area (Å²) in [7, 11) is -18.1. The molecule has 16 nitrogen and oxygen atoms in total. The Morgan fingerprint density at radius 1 is 1.15 bits per heavy atom. The van der Waals surface area contributed by atoms with Gasteiger partial charge in [0.2, 0.25) is 11.9 Å². The van der Waals surface area contributed by atoms with E-state index in [0.29, 0.717) is 0 Å². The molecule has 2 rings (SSSR count). The van der Waals surface area contributed by atoms with Crippen LogP contribution in [0.25, 0.3) is 0 Å². The molecule has 190 valence electrons. The molecule has 1 saturated heterocycles. The van der Waals surface area contributed by atoms with Crippen molar-refractivity contribution in [3.05, 3.63) is 27.1 Å². The van der Waals surface area contributed by atoms with Gasteiger partial charge in [0.15, 0.2) is 12.0 Å². The lowest BCUT2D eigenvalue weighted by Crippen LogP contribution is -2.58. The van der Waals surface area contributed by atoms with Gasteiger partial charge in [-0.2, -0.15) is 21.8 Å².